The number of Topliss-reactive ketones (excluding diaryl/α,β-unsaturated/α-hetero) is 1. The van der Waals surface area contributed by atoms with Crippen LogP contribution in [0.15, 0.2) is 12.1 Å². The van der Waals surface area contributed by atoms with Crippen LogP contribution in [0, 0.1) is 0 Å². The molecule has 0 atom stereocenters. The summed E-state index contributed by atoms with van der Waals surface area (Å²) in [6.45, 7) is 12.1. The van der Waals surface area contributed by atoms with Crippen LogP contribution in [0.25, 0.3) is 0 Å². The van der Waals surface area contributed by atoms with Crippen molar-refractivity contribution in [1.29, 1.82) is 0 Å². The highest BCUT2D eigenvalue weighted by Crippen LogP contribution is 2.37. The van der Waals surface area contributed by atoms with E-state index in [-0.39, 0.29) is 17.1 Å². The Labute approximate surface area is 110 Å². The maximum atomic E-state index is 11.9. The maximum Gasteiger partial charge on any atom is 0.162 e. The van der Waals surface area contributed by atoms with Gasteiger partial charge in [0.15, 0.2) is 5.78 Å². The predicted molar refractivity (Wildman–Crippen MR) is 75.5 cm³/mol. The van der Waals surface area contributed by atoms with Crippen molar-refractivity contribution < 1.29 is 9.90 Å². The fraction of sp³-hybridized carbons (Fsp3) is 0.562. The summed E-state index contributed by atoms with van der Waals surface area (Å²) in [4.78, 5) is 11.9. The minimum Gasteiger partial charge on any atom is -0.507 e. The topological polar surface area (TPSA) is 37.3 Å². The number of carbonyl (C=O) groups is 1. The molecule has 18 heavy (non-hydrogen) atoms. The van der Waals surface area contributed by atoms with Crippen molar-refractivity contribution in [2.24, 2.45) is 0 Å². The van der Waals surface area contributed by atoms with Gasteiger partial charge in [-0.2, -0.15) is 0 Å². The van der Waals surface area contributed by atoms with Crippen molar-refractivity contribution in [1.82, 2.24) is 0 Å². The molecule has 0 aliphatic heterocycles. The van der Waals surface area contributed by atoms with Crippen LogP contribution in [0.1, 0.15) is 75.4 Å². The highest BCUT2D eigenvalue weighted by atomic mass is 16.3. The first-order chi connectivity index (χ1) is 8.18. The summed E-state index contributed by atoms with van der Waals surface area (Å²) in [7, 11) is 0. The van der Waals surface area contributed by atoms with Gasteiger partial charge < -0.3 is 5.11 Å². The van der Waals surface area contributed by atoms with Crippen LogP contribution >= 0.6 is 0 Å². The summed E-state index contributed by atoms with van der Waals surface area (Å²) in [5.74, 6) is 0.670. The number of benzene rings is 1. The molecule has 2 nitrogen and oxygen atoms in total. The van der Waals surface area contributed by atoms with Crippen molar-refractivity contribution in [3.05, 3.63) is 28.8 Å². The first-order valence-corrected chi connectivity index (χ1v) is 6.59. The molecule has 0 spiro atoms. The third-order valence-electron chi connectivity index (χ3n) is 3.21. The van der Waals surface area contributed by atoms with Crippen molar-refractivity contribution in [3.63, 3.8) is 0 Å². The number of aromatic hydroxyl groups is 1. The van der Waals surface area contributed by atoms with E-state index in [0.717, 1.165) is 11.1 Å². The Morgan fingerprint density at radius 2 is 1.83 bits per heavy atom. The summed E-state index contributed by atoms with van der Waals surface area (Å²) >= 11 is 0. The zero-order chi connectivity index (χ0) is 14.1. The lowest BCUT2D eigenvalue weighted by Crippen LogP contribution is -2.14. The minimum atomic E-state index is -0.169. The molecule has 100 valence electrons. The predicted octanol–water partition coefficient (Wildman–Crippen LogP) is 4.41. The lowest BCUT2D eigenvalue weighted by atomic mass is 9.82. The van der Waals surface area contributed by atoms with Crippen LogP contribution < -0.4 is 0 Å². The SMILES string of the molecule is CCC(=O)c1cc(C(C)C)c(O)c(C(C)(C)C)c1. The molecule has 1 aromatic rings. The van der Waals surface area contributed by atoms with Gasteiger partial charge in [0.1, 0.15) is 5.75 Å². The quantitative estimate of drug-likeness (QED) is 0.805. The van der Waals surface area contributed by atoms with Crippen LogP contribution in [-0.2, 0) is 5.41 Å². The Morgan fingerprint density at radius 3 is 2.22 bits per heavy atom. The smallest absolute Gasteiger partial charge is 0.162 e. The van der Waals surface area contributed by atoms with Crippen molar-refractivity contribution in [2.45, 2.75) is 59.3 Å². The van der Waals surface area contributed by atoms with Crippen LogP contribution in [0.3, 0.4) is 0 Å². The molecule has 0 bridgehead atoms. The van der Waals surface area contributed by atoms with Gasteiger partial charge in [-0.1, -0.05) is 41.5 Å². The number of hydrogen-bond donors (Lipinski definition) is 1. The Hall–Kier alpha value is -1.31. The first kappa shape index (κ1) is 14.7. The summed E-state index contributed by atoms with van der Waals surface area (Å²) in [6.07, 6.45) is 0.492. The van der Waals surface area contributed by atoms with Gasteiger partial charge in [0.25, 0.3) is 0 Å². The number of ketones is 1. The second-order valence-electron chi connectivity index (χ2n) is 6.14. The Balaban J connectivity index is 3.52. The average molecular weight is 248 g/mol. The summed E-state index contributed by atoms with van der Waals surface area (Å²) < 4.78 is 0. The molecule has 0 amide bonds. The number of rotatable bonds is 3. The molecule has 0 heterocycles. The molecule has 1 rings (SSSR count). The standard InChI is InChI=1S/C16H24O2/c1-7-14(17)11-8-12(10(2)3)15(18)13(9-11)16(4,5)6/h8-10,18H,7H2,1-6H3. The van der Waals surface area contributed by atoms with E-state index >= 15 is 0 Å². The van der Waals surface area contributed by atoms with Gasteiger partial charge in [-0.25, -0.2) is 0 Å². The van der Waals surface area contributed by atoms with Gasteiger partial charge in [0.05, 0.1) is 0 Å². The fourth-order valence-electron chi connectivity index (χ4n) is 2.03. The molecule has 0 unspecified atom stereocenters. The molecular formula is C16H24O2. The molecule has 1 N–H and O–H groups in total. The molecule has 2 heteroatoms. The Kier molecular flexibility index (Phi) is 4.20. The van der Waals surface area contributed by atoms with E-state index in [4.69, 9.17) is 0 Å². The fourth-order valence-corrected chi connectivity index (χ4v) is 2.03. The van der Waals surface area contributed by atoms with Gasteiger partial charge in [-0.05, 0) is 29.0 Å². The van der Waals surface area contributed by atoms with Gasteiger partial charge in [0.2, 0.25) is 0 Å². The van der Waals surface area contributed by atoms with Crippen molar-refractivity contribution in [2.75, 3.05) is 0 Å². The third-order valence-corrected chi connectivity index (χ3v) is 3.21. The zero-order valence-electron chi connectivity index (χ0n) is 12.3. The highest BCUT2D eigenvalue weighted by Gasteiger charge is 2.23. The molecule has 0 fully saturated rings. The van der Waals surface area contributed by atoms with E-state index in [2.05, 4.69) is 0 Å². The van der Waals surface area contributed by atoms with Crippen molar-refractivity contribution in [3.8, 4) is 5.75 Å². The van der Waals surface area contributed by atoms with E-state index in [0.29, 0.717) is 17.7 Å². The lowest BCUT2D eigenvalue weighted by molar-refractivity contribution is 0.0988. The van der Waals surface area contributed by atoms with E-state index < -0.39 is 0 Å². The second-order valence-corrected chi connectivity index (χ2v) is 6.14. The van der Waals surface area contributed by atoms with E-state index in [1.165, 1.54) is 0 Å². The lowest BCUT2D eigenvalue weighted by Gasteiger charge is -2.24. The molecule has 0 saturated carbocycles. The first-order valence-electron chi connectivity index (χ1n) is 6.59. The number of hydrogen-bond acceptors (Lipinski definition) is 2. The number of phenols is 1. The van der Waals surface area contributed by atoms with E-state index in [1.54, 1.807) is 0 Å². The largest absolute Gasteiger partial charge is 0.507 e. The monoisotopic (exact) mass is 248 g/mol. The summed E-state index contributed by atoms with van der Waals surface area (Å²) in [5.41, 5.74) is 2.26. The molecule has 0 aliphatic carbocycles. The van der Waals surface area contributed by atoms with Crippen LogP contribution in [0.2, 0.25) is 0 Å². The molecule has 0 saturated heterocycles. The number of phenolic OH excluding ortho intramolecular Hbond substituents is 1. The molecule has 0 radical (unpaired) electrons. The highest BCUT2D eigenvalue weighted by molar-refractivity contribution is 5.96. The van der Waals surface area contributed by atoms with Gasteiger partial charge in [0, 0.05) is 17.5 Å². The molecule has 0 aromatic heterocycles. The Bertz CT molecular complexity index is 451. The zero-order valence-corrected chi connectivity index (χ0v) is 12.3. The Morgan fingerprint density at radius 1 is 1.28 bits per heavy atom. The number of carbonyl (C=O) groups excluding carboxylic acids is 1. The molecule has 0 aliphatic rings. The molecule has 1 aromatic carbocycles. The van der Waals surface area contributed by atoms with Crippen LogP contribution in [-0.4, -0.2) is 10.9 Å². The summed E-state index contributed by atoms with van der Waals surface area (Å²) in [5, 5.41) is 10.4. The van der Waals surface area contributed by atoms with E-state index in [1.807, 2.05) is 53.7 Å². The van der Waals surface area contributed by atoms with Gasteiger partial charge in [-0.15, -0.1) is 0 Å². The third kappa shape index (κ3) is 2.92. The van der Waals surface area contributed by atoms with Crippen LogP contribution in [0.4, 0.5) is 0 Å². The van der Waals surface area contributed by atoms with Gasteiger partial charge >= 0.3 is 0 Å². The average Bonchev–Trinajstić information content (AvgIpc) is 2.26. The van der Waals surface area contributed by atoms with Crippen LogP contribution in [0.5, 0.6) is 5.75 Å². The normalized spacial score (nSPS) is 11.9. The molecular weight excluding hydrogens is 224 g/mol. The van der Waals surface area contributed by atoms with E-state index in [9.17, 15) is 9.90 Å². The minimum absolute atomic E-state index is 0.127. The maximum absolute atomic E-state index is 11.9. The summed E-state index contributed by atoms with van der Waals surface area (Å²) in [6, 6.07) is 3.67. The van der Waals surface area contributed by atoms with Gasteiger partial charge in [-0.3, -0.25) is 4.79 Å². The van der Waals surface area contributed by atoms with Crippen molar-refractivity contribution >= 4 is 5.78 Å². The second kappa shape index (κ2) is 5.13.